The Morgan fingerprint density at radius 1 is 1.50 bits per heavy atom. The van der Waals surface area contributed by atoms with Gasteiger partial charge in [-0.2, -0.15) is 0 Å². The Morgan fingerprint density at radius 2 is 2.22 bits per heavy atom. The third-order valence-electron chi connectivity index (χ3n) is 3.15. The maximum Gasteiger partial charge on any atom is 0.282 e. The molecule has 1 heterocycles. The molecule has 1 unspecified atom stereocenters. The minimum absolute atomic E-state index is 0.122. The summed E-state index contributed by atoms with van der Waals surface area (Å²) in [7, 11) is 0. The Labute approximate surface area is 113 Å². The Morgan fingerprint density at radius 3 is 2.89 bits per heavy atom. The van der Waals surface area contributed by atoms with Crippen LogP contribution in [-0.4, -0.2) is 33.6 Å². The van der Waals surface area contributed by atoms with Crippen molar-refractivity contribution in [1.82, 2.24) is 4.90 Å². The van der Waals surface area contributed by atoms with Gasteiger partial charge in [-0.15, -0.1) is 0 Å². The van der Waals surface area contributed by atoms with Gasteiger partial charge in [-0.3, -0.25) is 14.9 Å². The first-order valence-corrected chi connectivity index (χ1v) is 6.87. The molecule has 1 fully saturated rings. The number of nitrogens with zero attached hydrogens (tertiary/aromatic N) is 2. The number of halogens is 1. The molecule has 0 saturated carbocycles. The Bertz CT molecular complexity index is 478. The highest BCUT2D eigenvalue weighted by atomic mass is 79.9. The van der Waals surface area contributed by atoms with Gasteiger partial charge >= 0.3 is 0 Å². The fraction of sp³-hybridized carbons (Fsp3) is 0.417. The number of alkyl halides is 1. The van der Waals surface area contributed by atoms with Crippen molar-refractivity contribution in [3.8, 4) is 0 Å². The highest BCUT2D eigenvalue weighted by molar-refractivity contribution is 9.09. The van der Waals surface area contributed by atoms with Crippen LogP contribution in [0.4, 0.5) is 5.69 Å². The number of nitro groups is 1. The molecule has 1 atom stereocenters. The number of nitro benzene ring substituents is 1. The summed E-state index contributed by atoms with van der Waals surface area (Å²) in [4.78, 5) is 24.5. The van der Waals surface area contributed by atoms with Crippen LogP contribution >= 0.6 is 15.9 Å². The van der Waals surface area contributed by atoms with Gasteiger partial charge in [0.25, 0.3) is 11.6 Å². The van der Waals surface area contributed by atoms with E-state index in [2.05, 4.69) is 15.9 Å². The fourth-order valence-corrected chi connectivity index (χ4v) is 2.91. The lowest BCUT2D eigenvalue weighted by Gasteiger charge is -2.22. The number of carbonyl (C=O) groups excluding carboxylic acids is 1. The molecule has 2 rings (SSSR count). The lowest BCUT2D eigenvalue weighted by molar-refractivity contribution is -0.385. The minimum atomic E-state index is -0.507. The second kappa shape index (κ2) is 5.48. The minimum Gasteiger partial charge on any atom is -0.335 e. The van der Waals surface area contributed by atoms with Crippen molar-refractivity contribution in [2.75, 3.05) is 11.9 Å². The number of hydrogen-bond donors (Lipinski definition) is 0. The summed E-state index contributed by atoms with van der Waals surface area (Å²) in [5.74, 6) is -0.246. The van der Waals surface area contributed by atoms with E-state index < -0.39 is 4.92 Å². The number of likely N-dealkylation sites (tertiary alicyclic amines) is 1. The lowest BCUT2D eigenvalue weighted by atomic mass is 10.1. The SMILES string of the molecule is O=C(c1ccccc1[N+](=O)[O-])N1CCCC1CBr. The van der Waals surface area contributed by atoms with Crippen LogP contribution in [-0.2, 0) is 0 Å². The van der Waals surface area contributed by atoms with Crippen LogP contribution in [0.5, 0.6) is 0 Å². The molecule has 0 spiro atoms. The van der Waals surface area contributed by atoms with E-state index >= 15 is 0 Å². The Balaban J connectivity index is 2.31. The quantitative estimate of drug-likeness (QED) is 0.489. The third-order valence-corrected chi connectivity index (χ3v) is 3.89. The van der Waals surface area contributed by atoms with E-state index in [1.54, 1.807) is 17.0 Å². The summed E-state index contributed by atoms with van der Waals surface area (Å²) in [6, 6.07) is 6.24. The average Bonchev–Trinajstić information content (AvgIpc) is 2.86. The number of carbonyl (C=O) groups is 1. The molecular weight excluding hydrogens is 300 g/mol. The second-order valence-electron chi connectivity index (χ2n) is 4.22. The molecule has 0 bridgehead atoms. The first-order chi connectivity index (χ1) is 8.65. The Kier molecular flexibility index (Phi) is 3.96. The smallest absolute Gasteiger partial charge is 0.282 e. The molecular formula is C12H13BrN2O3. The highest BCUT2D eigenvalue weighted by Gasteiger charge is 2.31. The third kappa shape index (κ3) is 2.38. The van der Waals surface area contributed by atoms with Crippen molar-refractivity contribution in [3.05, 3.63) is 39.9 Å². The molecule has 0 radical (unpaired) electrons. The van der Waals surface area contributed by atoms with E-state index in [0.29, 0.717) is 11.9 Å². The van der Waals surface area contributed by atoms with Crippen LogP contribution in [0.15, 0.2) is 24.3 Å². The summed E-state index contributed by atoms with van der Waals surface area (Å²) >= 11 is 3.38. The normalized spacial score (nSPS) is 18.9. The van der Waals surface area contributed by atoms with Gasteiger partial charge in [0.1, 0.15) is 5.56 Å². The first-order valence-electron chi connectivity index (χ1n) is 5.75. The molecule has 96 valence electrons. The van der Waals surface area contributed by atoms with E-state index in [1.807, 2.05) is 0 Å². The zero-order valence-corrected chi connectivity index (χ0v) is 11.3. The van der Waals surface area contributed by atoms with Gasteiger partial charge in [-0.1, -0.05) is 28.1 Å². The molecule has 18 heavy (non-hydrogen) atoms. The summed E-state index contributed by atoms with van der Waals surface area (Å²) in [5, 5.41) is 11.6. The van der Waals surface area contributed by atoms with Crippen LogP contribution in [0.1, 0.15) is 23.2 Å². The van der Waals surface area contributed by atoms with E-state index in [4.69, 9.17) is 0 Å². The van der Waals surface area contributed by atoms with Crippen LogP contribution in [0.3, 0.4) is 0 Å². The van der Waals surface area contributed by atoms with Gasteiger partial charge in [0.15, 0.2) is 0 Å². The maximum atomic E-state index is 12.3. The van der Waals surface area contributed by atoms with E-state index in [0.717, 1.165) is 12.8 Å². The molecule has 1 aromatic rings. The predicted molar refractivity (Wildman–Crippen MR) is 70.9 cm³/mol. The van der Waals surface area contributed by atoms with Crippen LogP contribution < -0.4 is 0 Å². The predicted octanol–water partition coefficient (Wildman–Crippen LogP) is 2.59. The van der Waals surface area contributed by atoms with Crippen molar-refractivity contribution < 1.29 is 9.72 Å². The number of amides is 1. The molecule has 5 nitrogen and oxygen atoms in total. The number of para-hydroxylation sites is 1. The average molecular weight is 313 g/mol. The molecule has 0 aliphatic carbocycles. The second-order valence-corrected chi connectivity index (χ2v) is 4.87. The molecule has 6 heteroatoms. The zero-order chi connectivity index (χ0) is 13.1. The van der Waals surface area contributed by atoms with Crippen molar-refractivity contribution in [3.63, 3.8) is 0 Å². The van der Waals surface area contributed by atoms with Gasteiger partial charge in [-0.25, -0.2) is 0 Å². The molecule has 1 amide bonds. The molecule has 0 N–H and O–H groups in total. The number of hydrogen-bond acceptors (Lipinski definition) is 3. The largest absolute Gasteiger partial charge is 0.335 e. The molecule has 0 aromatic heterocycles. The highest BCUT2D eigenvalue weighted by Crippen LogP contribution is 2.25. The van der Waals surface area contributed by atoms with Crippen LogP contribution in [0.25, 0.3) is 0 Å². The van der Waals surface area contributed by atoms with Gasteiger partial charge in [0, 0.05) is 24.0 Å². The number of rotatable bonds is 3. The van der Waals surface area contributed by atoms with E-state index in [1.165, 1.54) is 12.1 Å². The standard InChI is InChI=1S/C12H13BrN2O3/c13-8-9-4-3-7-14(9)12(16)10-5-1-2-6-11(10)15(17)18/h1-2,5-6,9H,3-4,7-8H2. The van der Waals surface area contributed by atoms with E-state index in [-0.39, 0.29) is 23.2 Å². The van der Waals surface area contributed by atoms with Crippen molar-refractivity contribution in [2.45, 2.75) is 18.9 Å². The number of benzene rings is 1. The van der Waals surface area contributed by atoms with E-state index in [9.17, 15) is 14.9 Å². The molecule has 1 aliphatic rings. The Hall–Kier alpha value is -1.43. The molecule has 1 aromatic carbocycles. The summed E-state index contributed by atoms with van der Waals surface area (Å²) in [5.41, 5.74) is 0.0538. The van der Waals surface area contributed by atoms with Gasteiger partial charge < -0.3 is 4.90 Å². The maximum absolute atomic E-state index is 12.3. The zero-order valence-electron chi connectivity index (χ0n) is 9.71. The molecule has 1 saturated heterocycles. The van der Waals surface area contributed by atoms with Gasteiger partial charge in [0.05, 0.1) is 4.92 Å². The summed E-state index contributed by atoms with van der Waals surface area (Å²) in [6.07, 6.45) is 1.89. The van der Waals surface area contributed by atoms with Crippen LogP contribution in [0, 0.1) is 10.1 Å². The van der Waals surface area contributed by atoms with Gasteiger partial charge in [0.2, 0.25) is 0 Å². The fourth-order valence-electron chi connectivity index (χ4n) is 2.23. The molecule has 1 aliphatic heterocycles. The monoisotopic (exact) mass is 312 g/mol. The van der Waals surface area contributed by atoms with Crippen LogP contribution in [0.2, 0.25) is 0 Å². The van der Waals surface area contributed by atoms with Crippen molar-refractivity contribution in [1.29, 1.82) is 0 Å². The van der Waals surface area contributed by atoms with Gasteiger partial charge in [-0.05, 0) is 18.9 Å². The van der Waals surface area contributed by atoms with Crippen molar-refractivity contribution in [2.24, 2.45) is 0 Å². The lowest BCUT2D eigenvalue weighted by Crippen LogP contribution is -2.36. The summed E-state index contributed by atoms with van der Waals surface area (Å²) < 4.78 is 0. The first kappa shape index (κ1) is 13.0. The summed E-state index contributed by atoms with van der Waals surface area (Å²) in [6.45, 7) is 0.668. The topological polar surface area (TPSA) is 63.4 Å². The van der Waals surface area contributed by atoms with Crippen molar-refractivity contribution >= 4 is 27.5 Å².